The number of nitrogens with two attached hydrogens (primary N) is 1. The fraction of sp³-hybridized carbons (Fsp3) is 0.409. The molecule has 0 atom stereocenters. The van der Waals surface area contributed by atoms with Gasteiger partial charge in [-0.3, -0.25) is 0 Å². The number of carboxylic acid groups (broad SMARTS) is 1. The van der Waals surface area contributed by atoms with Crippen molar-refractivity contribution in [2.75, 3.05) is 5.73 Å². The number of nitrogen functional groups attached to an aromatic ring is 1. The third kappa shape index (κ3) is 5.61. The summed E-state index contributed by atoms with van der Waals surface area (Å²) in [5.41, 5.74) is 4.53. The minimum atomic E-state index is -5.08. The third-order valence-electron chi connectivity index (χ3n) is 6.39. The minimum Gasteiger partial charge on any atom is -0.475 e. The number of rotatable bonds is 5. The molecule has 5 rings (SSSR count). The molecule has 2 fully saturated rings. The first kappa shape index (κ1) is 23.5. The second-order valence-corrected chi connectivity index (χ2v) is 10.8. The van der Waals surface area contributed by atoms with Gasteiger partial charge in [-0.25, -0.2) is 32.9 Å². The summed E-state index contributed by atoms with van der Waals surface area (Å²) in [6, 6.07) is 3.81. The Hall–Kier alpha value is -3.63. The highest BCUT2D eigenvalue weighted by Gasteiger charge is 2.55. The van der Waals surface area contributed by atoms with Gasteiger partial charge < -0.3 is 15.9 Å². The maximum absolute atomic E-state index is 13.3. The number of sulfonamides is 1. The number of nitrogens with zero attached hydrogens (tertiary/aromatic N) is 5. The van der Waals surface area contributed by atoms with Crippen molar-refractivity contribution in [1.82, 2.24) is 29.5 Å². The number of fused-ring (bicyclic) bond motifs is 2. The number of hydrogen-bond acceptors (Lipinski definition) is 9. The van der Waals surface area contributed by atoms with E-state index in [2.05, 4.69) is 24.8 Å². The highest BCUT2D eigenvalue weighted by atomic mass is 32.2. The normalized spacial score (nSPS) is 24.2. The van der Waals surface area contributed by atoms with E-state index in [1.54, 1.807) is 0 Å². The molecular formula is C22H24F3N7O5S. The Morgan fingerprint density at radius 1 is 1.26 bits per heavy atom. The number of halogens is 3. The molecule has 0 saturated heterocycles. The topological polar surface area (TPSA) is 186 Å². The number of carbonyl (C=O) groups is 1. The van der Waals surface area contributed by atoms with Gasteiger partial charge in [0.25, 0.3) is 0 Å². The standard InChI is InChI=1S/C20H23N7O3S.C2HF3O2/c1-13-2-3-14(31(29,30)26-19-4-6-20(28,10-19)7-5-19)8-15(13)16-9-23-17(21)18(25-16)27-12-22-11-24-27;3-2(4,5)1(6)7/h2-3,8-9,11-12,26,28H,4-7,10H2,1H3,(H2,21,23);(H,6,7)/i1D3;. The lowest BCUT2D eigenvalue weighted by molar-refractivity contribution is -0.192. The largest absolute Gasteiger partial charge is 0.490 e. The van der Waals surface area contributed by atoms with Crippen LogP contribution in [0.25, 0.3) is 17.1 Å². The monoisotopic (exact) mass is 558 g/mol. The summed E-state index contributed by atoms with van der Waals surface area (Å²) in [5, 5.41) is 21.6. The molecule has 2 aliphatic carbocycles. The van der Waals surface area contributed by atoms with Crippen molar-refractivity contribution in [2.24, 2.45) is 0 Å². The summed E-state index contributed by atoms with van der Waals surface area (Å²) in [6.45, 7) is -2.53. The van der Waals surface area contributed by atoms with E-state index in [9.17, 15) is 26.7 Å². The number of benzene rings is 1. The van der Waals surface area contributed by atoms with Crippen molar-refractivity contribution in [2.45, 2.75) is 61.2 Å². The van der Waals surface area contributed by atoms with Crippen LogP contribution in [0.2, 0.25) is 0 Å². The van der Waals surface area contributed by atoms with Crippen molar-refractivity contribution in [3.05, 3.63) is 42.6 Å². The molecule has 16 heteroatoms. The number of aliphatic carboxylic acids is 1. The summed E-state index contributed by atoms with van der Waals surface area (Å²) >= 11 is 0. The zero-order chi connectivity index (χ0) is 30.4. The van der Waals surface area contributed by atoms with Gasteiger partial charge in [0.1, 0.15) is 12.7 Å². The van der Waals surface area contributed by atoms with Crippen LogP contribution < -0.4 is 10.5 Å². The molecule has 0 amide bonds. The van der Waals surface area contributed by atoms with Gasteiger partial charge in [0, 0.05) is 15.2 Å². The van der Waals surface area contributed by atoms with Crippen LogP contribution in [0.5, 0.6) is 0 Å². The molecule has 0 radical (unpaired) electrons. The zero-order valence-electron chi connectivity index (χ0n) is 22.5. The molecule has 0 spiro atoms. The number of aromatic nitrogens is 5. The maximum atomic E-state index is 13.3. The predicted molar refractivity (Wildman–Crippen MR) is 126 cm³/mol. The van der Waals surface area contributed by atoms with E-state index >= 15 is 0 Å². The molecule has 2 bridgehead atoms. The summed E-state index contributed by atoms with van der Waals surface area (Å²) in [5.74, 6) is -2.58. The molecular weight excluding hydrogens is 531 g/mol. The Morgan fingerprint density at radius 2 is 1.95 bits per heavy atom. The Balaban J connectivity index is 0.000000493. The predicted octanol–water partition coefficient (Wildman–Crippen LogP) is 1.97. The van der Waals surface area contributed by atoms with Gasteiger partial charge in [-0.05, 0) is 56.7 Å². The molecule has 5 N–H and O–H groups in total. The van der Waals surface area contributed by atoms with E-state index in [-0.39, 0.29) is 33.4 Å². The van der Waals surface area contributed by atoms with Gasteiger partial charge in [-0.2, -0.15) is 23.0 Å². The van der Waals surface area contributed by atoms with E-state index in [0.29, 0.717) is 32.1 Å². The number of alkyl halides is 3. The van der Waals surface area contributed by atoms with Crippen molar-refractivity contribution < 1.29 is 40.7 Å². The van der Waals surface area contributed by atoms with E-state index in [1.807, 2.05) is 0 Å². The van der Waals surface area contributed by atoms with Crippen molar-refractivity contribution >= 4 is 21.8 Å². The van der Waals surface area contributed by atoms with Crippen LogP contribution in [-0.4, -0.2) is 66.6 Å². The quantitative estimate of drug-likeness (QED) is 0.361. The molecule has 2 aliphatic rings. The Morgan fingerprint density at radius 3 is 2.47 bits per heavy atom. The maximum Gasteiger partial charge on any atom is 0.490 e. The van der Waals surface area contributed by atoms with Crippen LogP contribution in [0.3, 0.4) is 0 Å². The summed E-state index contributed by atoms with van der Waals surface area (Å²) in [7, 11) is -4.01. The average molecular weight is 559 g/mol. The molecule has 1 aromatic carbocycles. The van der Waals surface area contributed by atoms with Gasteiger partial charge in [-0.15, -0.1) is 0 Å². The summed E-state index contributed by atoms with van der Waals surface area (Å²) in [6.07, 6.45) is 1.41. The molecule has 0 unspecified atom stereocenters. The smallest absolute Gasteiger partial charge is 0.475 e. The molecule has 2 heterocycles. The lowest BCUT2D eigenvalue weighted by atomic mass is 9.94. The first-order valence-electron chi connectivity index (χ1n) is 12.5. The van der Waals surface area contributed by atoms with Crippen LogP contribution in [-0.2, 0) is 14.8 Å². The number of aliphatic hydroxyl groups is 1. The first-order valence-corrected chi connectivity index (χ1v) is 12.5. The number of nitrogens with one attached hydrogen (secondary N) is 1. The second-order valence-electron chi connectivity index (χ2n) is 9.10. The lowest BCUT2D eigenvalue weighted by Crippen LogP contribution is -2.44. The molecule has 3 aromatic rings. The van der Waals surface area contributed by atoms with Gasteiger partial charge in [0.2, 0.25) is 10.0 Å². The molecule has 38 heavy (non-hydrogen) atoms. The molecule has 204 valence electrons. The SMILES string of the molecule is O=C(O)C(F)(F)F.[2H]C([2H])([2H])c1ccc(S(=O)(=O)NC23CCC(O)(CC2)C3)cc1-c1cnc(N)c(-n2cncn2)n1. The number of hydrogen-bond donors (Lipinski definition) is 4. The number of aryl methyl sites for hydroxylation is 1. The molecule has 12 nitrogen and oxygen atoms in total. The number of anilines is 1. The average Bonchev–Trinajstić information content (AvgIpc) is 3.58. The van der Waals surface area contributed by atoms with E-state index in [0.717, 1.165) is 0 Å². The Labute approximate surface area is 219 Å². The second kappa shape index (κ2) is 9.59. The van der Waals surface area contributed by atoms with Crippen LogP contribution >= 0.6 is 0 Å². The highest BCUT2D eigenvalue weighted by molar-refractivity contribution is 7.89. The fourth-order valence-corrected chi connectivity index (χ4v) is 6.05. The summed E-state index contributed by atoms with van der Waals surface area (Å²) in [4.78, 5) is 21.1. The van der Waals surface area contributed by atoms with E-state index < -0.39 is 40.2 Å². The third-order valence-corrected chi connectivity index (χ3v) is 7.97. The van der Waals surface area contributed by atoms with Gasteiger partial charge in [0.05, 0.1) is 22.4 Å². The number of carboxylic acids is 1. The van der Waals surface area contributed by atoms with E-state index in [4.69, 9.17) is 19.7 Å². The van der Waals surface area contributed by atoms with E-state index in [1.165, 1.54) is 41.7 Å². The molecule has 2 saturated carbocycles. The van der Waals surface area contributed by atoms with Crippen LogP contribution in [0.1, 0.15) is 41.8 Å². The van der Waals surface area contributed by atoms with Crippen molar-refractivity contribution in [3.63, 3.8) is 0 Å². The fourth-order valence-electron chi connectivity index (χ4n) is 4.57. The first-order chi connectivity index (χ1) is 18.8. The Kier molecular flexibility index (Phi) is 5.93. The Bertz CT molecular complexity index is 1560. The van der Waals surface area contributed by atoms with Gasteiger partial charge in [0.15, 0.2) is 11.6 Å². The molecule has 2 aromatic heterocycles. The van der Waals surface area contributed by atoms with Crippen LogP contribution in [0.15, 0.2) is 41.9 Å². The van der Waals surface area contributed by atoms with Gasteiger partial charge >= 0.3 is 12.1 Å². The summed E-state index contributed by atoms with van der Waals surface area (Å²) < 4.78 is 86.2. The minimum absolute atomic E-state index is 0.0455. The van der Waals surface area contributed by atoms with Crippen molar-refractivity contribution in [1.29, 1.82) is 0 Å². The zero-order valence-corrected chi connectivity index (χ0v) is 20.3. The van der Waals surface area contributed by atoms with Crippen LogP contribution in [0.4, 0.5) is 19.0 Å². The van der Waals surface area contributed by atoms with Crippen molar-refractivity contribution in [3.8, 4) is 17.1 Å². The molecule has 0 aliphatic heterocycles. The lowest BCUT2D eigenvalue weighted by Gasteiger charge is -2.27. The highest BCUT2D eigenvalue weighted by Crippen LogP contribution is 2.51. The van der Waals surface area contributed by atoms with Crippen LogP contribution in [0, 0.1) is 6.85 Å². The van der Waals surface area contributed by atoms with Gasteiger partial charge in [-0.1, -0.05) is 6.07 Å².